The summed E-state index contributed by atoms with van der Waals surface area (Å²) in [6, 6.07) is 4.90. The Balaban J connectivity index is 2.49. The predicted octanol–water partition coefficient (Wildman–Crippen LogP) is 2.72. The van der Waals surface area contributed by atoms with Gasteiger partial charge in [0.2, 0.25) is 10.0 Å². The molecule has 0 spiro atoms. The zero-order valence-electron chi connectivity index (χ0n) is 11.3. The highest BCUT2D eigenvalue weighted by molar-refractivity contribution is 7.89. The third-order valence-corrected chi connectivity index (χ3v) is 5.84. The molecule has 1 aromatic heterocycles. The van der Waals surface area contributed by atoms with E-state index in [0.717, 1.165) is 11.7 Å². The summed E-state index contributed by atoms with van der Waals surface area (Å²) in [5.41, 5.74) is 1.05. The van der Waals surface area contributed by atoms with Gasteiger partial charge in [-0.2, -0.15) is 13.1 Å². The van der Waals surface area contributed by atoms with E-state index in [-0.39, 0.29) is 10.9 Å². The molecule has 0 amide bonds. The van der Waals surface area contributed by atoms with Crippen molar-refractivity contribution in [2.24, 2.45) is 0 Å². The highest BCUT2D eigenvalue weighted by Gasteiger charge is 2.29. The van der Waals surface area contributed by atoms with Crippen LogP contribution in [-0.4, -0.2) is 39.9 Å². The number of nitrogens with zero attached hydrogens (tertiary/aromatic N) is 3. The second kappa shape index (κ2) is 6.34. The lowest BCUT2D eigenvalue weighted by Crippen LogP contribution is -2.38. The lowest BCUT2D eigenvalue weighted by Gasteiger charge is -2.25. The second-order valence-corrected chi connectivity index (χ2v) is 7.41. The molecule has 0 atom stereocenters. The normalized spacial score (nSPS) is 12.7. The summed E-state index contributed by atoms with van der Waals surface area (Å²) in [5, 5.41) is 0. The summed E-state index contributed by atoms with van der Waals surface area (Å²) in [6.45, 7) is 4.11. The number of hydrogen-bond acceptors (Lipinski definition) is 5. The Kier molecular flexibility index (Phi) is 4.95. The SMILES string of the molecule is CC(C)N(CCCCl)S(=O)(=O)c1cccc2nsnc12. The van der Waals surface area contributed by atoms with Crippen molar-refractivity contribution in [1.82, 2.24) is 13.1 Å². The van der Waals surface area contributed by atoms with Crippen molar-refractivity contribution in [3.05, 3.63) is 18.2 Å². The molecule has 5 nitrogen and oxygen atoms in total. The van der Waals surface area contributed by atoms with Gasteiger partial charge in [-0.05, 0) is 32.4 Å². The molecule has 1 aromatic carbocycles. The Morgan fingerprint density at radius 3 is 2.75 bits per heavy atom. The Labute approximate surface area is 127 Å². The molecule has 0 bridgehead atoms. The van der Waals surface area contributed by atoms with Gasteiger partial charge in [0.25, 0.3) is 0 Å². The fourth-order valence-corrected chi connectivity index (χ4v) is 4.54. The van der Waals surface area contributed by atoms with E-state index in [9.17, 15) is 8.42 Å². The molecule has 8 heteroatoms. The topological polar surface area (TPSA) is 63.2 Å². The highest BCUT2D eigenvalue weighted by atomic mass is 35.5. The number of aromatic nitrogens is 2. The van der Waals surface area contributed by atoms with E-state index in [1.807, 2.05) is 13.8 Å². The average Bonchev–Trinajstić information content (AvgIpc) is 2.86. The molecule has 0 unspecified atom stereocenters. The zero-order chi connectivity index (χ0) is 14.8. The molecule has 1 heterocycles. The van der Waals surface area contributed by atoms with Gasteiger partial charge < -0.3 is 0 Å². The van der Waals surface area contributed by atoms with Gasteiger partial charge >= 0.3 is 0 Å². The van der Waals surface area contributed by atoms with Crippen molar-refractivity contribution in [3.63, 3.8) is 0 Å². The number of benzene rings is 1. The van der Waals surface area contributed by atoms with Crippen molar-refractivity contribution >= 4 is 44.4 Å². The highest BCUT2D eigenvalue weighted by Crippen LogP contribution is 2.25. The maximum absolute atomic E-state index is 12.8. The van der Waals surface area contributed by atoms with Gasteiger partial charge in [-0.15, -0.1) is 11.6 Å². The first-order valence-corrected chi connectivity index (χ1v) is 8.98. The van der Waals surface area contributed by atoms with Crippen LogP contribution in [0.3, 0.4) is 0 Å². The molecule has 0 saturated carbocycles. The second-order valence-electron chi connectivity index (χ2n) is 4.64. The molecule has 0 aliphatic rings. The van der Waals surface area contributed by atoms with Gasteiger partial charge in [0.15, 0.2) is 0 Å². The predicted molar refractivity (Wildman–Crippen MR) is 81.8 cm³/mol. The lowest BCUT2D eigenvalue weighted by molar-refractivity contribution is 0.355. The van der Waals surface area contributed by atoms with Crippen LogP contribution in [0.1, 0.15) is 20.3 Å². The molecule has 20 heavy (non-hydrogen) atoms. The Morgan fingerprint density at radius 1 is 1.35 bits per heavy atom. The third-order valence-electron chi connectivity index (χ3n) is 2.92. The van der Waals surface area contributed by atoms with Crippen LogP contribution in [0.4, 0.5) is 0 Å². The van der Waals surface area contributed by atoms with E-state index in [2.05, 4.69) is 8.75 Å². The van der Waals surface area contributed by atoms with Crippen molar-refractivity contribution in [1.29, 1.82) is 0 Å². The summed E-state index contributed by atoms with van der Waals surface area (Å²) in [7, 11) is -3.59. The molecule has 0 saturated heterocycles. The standard InChI is InChI=1S/C12H16ClN3O2S2/c1-9(2)16(8-4-7-13)20(17,18)11-6-3-5-10-12(11)15-19-14-10/h3,5-6,9H,4,7-8H2,1-2H3. The Hall–Kier alpha value is -0.760. The summed E-state index contributed by atoms with van der Waals surface area (Å²) in [4.78, 5) is 0.215. The lowest BCUT2D eigenvalue weighted by atomic mass is 10.3. The van der Waals surface area contributed by atoms with Gasteiger partial charge in [-0.1, -0.05) is 6.07 Å². The molecule has 0 N–H and O–H groups in total. The van der Waals surface area contributed by atoms with E-state index in [4.69, 9.17) is 11.6 Å². The van der Waals surface area contributed by atoms with E-state index >= 15 is 0 Å². The van der Waals surface area contributed by atoms with E-state index in [1.54, 1.807) is 18.2 Å². The van der Waals surface area contributed by atoms with Crippen molar-refractivity contribution in [2.75, 3.05) is 12.4 Å². The van der Waals surface area contributed by atoms with Crippen molar-refractivity contribution in [3.8, 4) is 0 Å². The largest absolute Gasteiger partial charge is 0.245 e. The van der Waals surface area contributed by atoms with Gasteiger partial charge in [0, 0.05) is 18.5 Å². The third kappa shape index (κ3) is 2.95. The summed E-state index contributed by atoms with van der Waals surface area (Å²) >= 11 is 6.70. The first kappa shape index (κ1) is 15.6. The number of alkyl halides is 1. The van der Waals surface area contributed by atoms with E-state index in [1.165, 1.54) is 4.31 Å². The van der Waals surface area contributed by atoms with Crippen molar-refractivity contribution < 1.29 is 8.42 Å². The molecular weight excluding hydrogens is 318 g/mol. The molecule has 2 aromatic rings. The number of rotatable bonds is 6. The molecule has 110 valence electrons. The van der Waals surface area contributed by atoms with Crippen LogP contribution in [0, 0.1) is 0 Å². The van der Waals surface area contributed by atoms with Crippen LogP contribution >= 0.6 is 23.3 Å². The smallest absolute Gasteiger partial charge is 0.207 e. The molecule has 0 aliphatic heterocycles. The molecular formula is C12H16ClN3O2S2. The van der Waals surface area contributed by atoms with E-state index in [0.29, 0.717) is 29.9 Å². The van der Waals surface area contributed by atoms with Crippen molar-refractivity contribution in [2.45, 2.75) is 31.2 Å². The van der Waals surface area contributed by atoms with Gasteiger partial charge in [-0.25, -0.2) is 8.42 Å². The number of fused-ring (bicyclic) bond motifs is 1. The quantitative estimate of drug-likeness (QED) is 0.762. The average molecular weight is 334 g/mol. The summed E-state index contributed by atoms with van der Waals surface area (Å²) in [6.07, 6.45) is 0.615. The fourth-order valence-electron chi connectivity index (χ4n) is 1.99. The molecule has 0 aliphatic carbocycles. The maximum Gasteiger partial charge on any atom is 0.245 e. The fraction of sp³-hybridized carbons (Fsp3) is 0.500. The number of sulfonamides is 1. The van der Waals surface area contributed by atoms with E-state index < -0.39 is 10.0 Å². The van der Waals surface area contributed by atoms with Crippen LogP contribution in [0.25, 0.3) is 11.0 Å². The first-order chi connectivity index (χ1) is 9.48. The minimum absolute atomic E-state index is 0.134. The molecule has 0 fully saturated rings. The number of hydrogen-bond donors (Lipinski definition) is 0. The number of halogens is 1. The van der Waals surface area contributed by atoms with Gasteiger partial charge in [0.05, 0.1) is 11.7 Å². The minimum Gasteiger partial charge on any atom is -0.207 e. The molecule has 0 radical (unpaired) electrons. The van der Waals surface area contributed by atoms with Crippen LogP contribution in [0.2, 0.25) is 0 Å². The van der Waals surface area contributed by atoms with Crippen LogP contribution in [-0.2, 0) is 10.0 Å². The summed E-state index contributed by atoms with van der Waals surface area (Å²) < 4.78 is 35.3. The van der Waals surface area contributed by atoms with Gasteiger partial charge in [0.1, 0.15) is 15.9 Å². The summed E-state index contributed by atoms with van der Waals surface area (Å²) in [5.74, 6) is 0.432. The molecule has 2 rings (SSSR count). The first-order valence-electron chi connectivity index (χ1n) is 6.27. The maximum atomic E-state index is 12.8. The van der Waals surface area contributed by atoms with Crippen LogP contribution in [0.15, 0.2) is 23.1 Å². The van der Waals surface area contributed by atoms with Crippen LogP contribution in [0.5, 0.6) is 0 Å². The monoisotopic (exact) mass is 333 g/mol. The van der Waals surface area contributed by atoms with Crippen LogP contribution < -0.4 is 0 Å². The Morgan fingerprint density at radius 2 is 2.10 bits per heavy atom. The zero-order valence-corrected chi connectivity index (χ0v) is 13.7. The Bertz CT molecular complexity index is 685. The minimum atomic E-state index is -3.59. The van der Waals surface area contributed by atoms with Gasteiger partial charge in [-0.3, -0.25) is 0 Å².